The van der Waals surface area contributed by atoms with E-state index < -0.39 is 29.8 Å². The van der Waals surface area contributed by atoms with Crippen molar-refractivity contribution in [3.8, 4) is 0 Å². The van der Waals surface area contributed by atoms with Crippen LogP contribution in [-0.4, -0.2) is 54.8 Å². The summed E-state index contributed by atoms with van der Waals surface area (Å²) in [4.78, 5) is 44.8. The van der Waals surface area contributed by atoms with E-state index in [-0.39, 0.29) is 0 Å². The summed E-state index contributed by atoms with van der Waals surface area (Å²) in [7, 11) is 4.20. The molecular formula is C9H16N4O4. The van der Waals surface area contributed by atoms with Gasteiger partial charge in [-0.25, -0.2) is 9.59 Å². The van der Waals surface area contributed by atoms with Crippen LogP contribution in [0.25, 0.3) is 0 Å². The number of nitrogens with two attached hydrogens (primary N) is 1. The molecular weight excluding hydrogens is 228 g/mol. The SMILES string of the molecule is CC1C(=O)N(C)C(=O)N(C)C1=O.CNC(N)=O. The molecule has 0 aromatic heterocycles. The van der Waals surface area contributed by atoms with Gasteiger partial charge in [-0.1, -0.05) is 0 Å². The fourth-order valence-electron chi connectivity index (χ4n) is 1.10. The molecule has 0 aromatic rings. The van der Waals surface area contributed by atoms with Gasteiger partial charge in [-0.3, -0.25) is 19.4 Å². The fraction of sp³-hybridized carbons (Fsp3) is 0.556. The van der Waals surface area contributed by atoms with Gasteiger partial charge in [0.1, 0.15) is 5.92 Å². The third kappa shape index (κ3) is 3.44. The van der Waals surface area contributed by atoms with Crippen molar-refractivity contribution in [1.29, 1.82) is 0 Å². The third-order valence-corrected chi connectivity index (χ3v) is 2.22. The molecule has 0 aliphatic carbocycles. The lowest BCUT2D eigenvalue weighted by Crippen LogP contribution is -2.55. The molecule has 8 heteroatoms. The molecule has 1 fully saturated rings. The summed E-state index contributed by atoms with van der Waals surface area (Å²) in [5.41, 5.74) is 4.54. The molecule has 1 saturated heterocycles. The molecule has 17 heavy (non-hydrogen) atoms. The Bertz CT molecular complexity index is 294. The minimum atomic E-state index is -0.738. The van der Waals surface area contributed by atoms with Crippen LogP contribution >= 0.6 is 0 Å². The third-order valence-electron chi connectivity index (χ3n) is 2.22. The predicted octanol–water partition coefficient (Wildman–Crippen LogP) is -1.04. The smallest absolute Gasteiger partial charge is 0.332 e. The second-order valence-electron chi connectivity index (χ2n) is 3.41. The van der Waals surface area contributed by atoms with Gasteiger partial charge in [0.25, 0.3) is 0 Å². The summed E-state index contributed by atoms with van der Waals surface area (Å²) < 4.78 is 0. The summed E-state index contributed by atoms with van der Waals surface area (Å²) in [6.45, 7) is 1.49. The molecule has 1 heterocycles. The number of carbonyl (C=O) groups is 4. The molecule has 0 saturated carbocycles. The standard InChI is InChI=1S/C7H10N2O3.C2H6N2O/c1-4-5(10)8(2)7(12)9(3)6(4)11;1-4-2(3)5/h4H,1-3H3;1H3,(H3,3,4,5). The number of carbonyl (C=O) groups excluding carboxylic acids is 4. The molecule has 0 radical (unpaired) electrons. The summed E-state index contributed by atoms with van der Waals surface area (Å²) >= 11 is 0. The summed E-state index contributed by atoms with van der Waals surface area (Å²) in [5, 5.41) is 2.17. The van der Waals surface area contributed by atoms with Gasteiger partial charge in [0.05, 0.1) is 0 Å². The Kier molecular flexibility index (Phi) is 5.10. The summed E-state index contributed by atoms with van der Waals surface area (Å²) in [6, 6.07) is -1.06. The van der Waals surface area contributed by atoms with E-state index in [1.807, 2.05) is 0 Å². The van der Waals surface area contributed by atoms with Gasteiger partial charge in [-0.15, -0.1) is 0 Å². The van der Waals surface area contributed by atoms with E-state index in [2.05, 4.69) is 11.1 Å². The Balaban J connectivity index is 0.000000437. The minimum Gasteiger partial charge on any atom is -0.352 e. The van der Waals surface area contributed by atoms with Gasteiger partial charge in [0.15, 0.2) is 0 Å². The van der Waals surface area contributed by atoms with E-state index in [1.54, 1.807) is 0 Å². The van der Waals surface area contributed by atoms with Crippen LogP contribution < -0.4 is 11.1 Å². The number of amides is 6. The van der Waals surface area contributed by atoms with Crippen molar-refractivity contribution in [3.05, 3.63) is 0 Å². The molecule has 8 nitrogen and oxygen atoms in total. The van der Waals surface area contributed by atoms with Crippen molar-refractivity contribution in [2.45, 2.75) is 6.92 Å². The second-order valence-corrected chi connectivity index (χ2v) is 3.41. The number of primary amides is 1. The molecule has 1 rings (SSSR count). The highest BCUT2D eigenvalue weighted by Gasteiger charge is 2.39. The first-order chi connectivity index (χ1) is 7.73. The first-order valence-electron chi connectivity index (χ1n) is 4.80. The van der Waals surface area contributed by atoms with Crippen LogP contribution in [0.2, 0.25) is 0 Å². The monoisotopic (exact) mass is 244 g/mol. The molecule has 3 N–H and O–H groups in total. The minimum absolute atomic E-state index is 0.442. The number of nitrogens with zero attached hydrogens (tertiary/aromatic N) is 2. The largest absolute Gasteiger partial charge is 0.352 e. The van der Waals surface area contributed by atoms with Crippen LogP contribution in [0.3, 0.4) is 0 Å². The van der Waals surface area contributed by atoms with Gasteiger partial charge in [-0.05, 0) is 6.92 Å². The highest BCUT2D eigenvalue weighted by molar-refractivity contribution is 6.15. The Hall–Kier alpha value is -2.12. The number of imide groups is 2. The van der Waals surface area contributed by atoms with Gasteiger partial charge >= 0.3 is 12.1 Å². The van der Waals surface area contributed by atoms with Crippen LogP contribution in [0.4, 0.5) is 9.59 Å². The van der Waals surface area contributed by atoms with Crippen molar-refractivity contribution >= 4 is 23.9 Å². The highest BCUT2D eigenvalue weighted by atomic mass is 16.2. The molecule has 0 aromatic carbocycles. The van der Waals surface area contributed by atoms with Crippen molar-refractivity contribution in [3.63, 3.8) is 0 Å². The van der Waals surface area contributed by atoms with Crippen molar-refractivity contribution in [2.24, 2.45) is 11.7 Å². The Labute approximate surface area is 98.7 Å². The maximum Gasteiger partial charge on any atom is 0.332 e. The molecule has 6 amide bonds. The lowest BCUT2D eigenvalue weighted by Gasteiger charge is -2.30. The molecule has 0 bridgehead atoms. The quantitative estimate of drug-likeness (QED) is 0.530. The number of rotatable bonds is 0. The van der Waals surface area contributed by atoms with Crippen molar-refractivity contribution in [1.82, 2.24) is 15.1 Å². The zero-order chi connectivity index (χ0) is 13.7. The van der Waals surface area contributed by atoms with E-state index in [9.17, 15) is 19.2 Å². The van der Waals surface area contributed by atoms with E-state index in [4.69, 9.17) is 0 Å². The molecule has 1 aliphatic heterocycles. The van der Waals surface area contributed by atoms with Crippen LogP contribution in [0, 0.1) is 5.92 Å². The topological polar surface area (TPSA) is 113 Å². The fourth-order valence-corrected chi connectivity index (χ4v) is 1.10. The van der Waals surface area contributed by atoms with E-state index >= 15 is 0 Å². The lowest BCUT2D eigenvalue weighted by atomic mass is 10.1. The first-order valence-corrected chi connectivity index (χ1v) is 4.80. The van der Waals surface area contributed by atoms with Gasteiger partial charge in [0.2, 0.25) is 11.8 Å². The second kappa shape index (κ2) is 5.83. The van der Waals surface area contributed by atoms with Crippen molar-refractivity contribution < 1.29 is 19.2 Å². The van der Waals surface area contributed by atoms with Crippen LogP contribution in [0.15, 0.2) is 0 Å². The molecule has 0 spiro atoms. The summed E-state index contributed by atoms with van der Waals surface area (Å²) in [6.07, 6.45) is 0. The van der Waals surface area contributed by atoms with Crippen LogP contribution in [-0.2, 0) is 9.59 Å². The zero-order valence-corrected chi connectivity index (χ0v) is 10.2. The maximum absolute atomic E-state index is 11.1. The van der Waals surface area contributed by atoms with E-state index in [1.165, 1.54) is 28.1 Å². The summed E-state index contributed by atoms with van der Waals surface area (Å²) in [5.74, 6) is -1.62. The average Bonchev–Trinajstić information content (AvgIpc) is 2.32. The van der Waals surface area contributed by atoms with E-state index in [0.717, 1.165) is 9.80 Å². The molecule has 0 unspecified atom stereocenters. The molecule has 96 valence electrons. The van der Waals surface area contributed by atoms with Crippen molar-refractivity contribution in [2.75, 3.05) is 21.1 Å². The van der Waals surface area contributed by atoms with Gasteiger partial charge in [0, 0.05) is 21.1 Å². The lowest BCUT2D eigenvalue weighted by molar-refractivity contribution is -0.146. The highest BCUT2D eigenvalue weighted by Crippen LogP contribution is 2.13. The zero-order valence-electron chi connectivity index (χ0n) is 10.2. The number of barbiturate groups is 1. The van der Waals surface area contributed by atoms with Crippen LogP contribution in [0.5, 0.6) is 0 Å². The van der Waals surface area contributed by atoms with Gasteiger partial charge < -0.3 is 11.1 Å². The Morgan fingerprint density at radius 2 is 1.47 bits per heavy atom. The van der Waals surface area contributed by atoms with Crippen LogP contribution in [0.1, 0.15) is 6.92 Å². The predicted molar refractivity (Wildman–Crippen MR) is 58.7 cm³/mol. The first kappa shape index (κ1) is 14.9. The number of hydrogen-bond acceptors (Lipinski definition) is 4. The number of hydrogen-bond donors (Lipinski definition) is 2. The molecule has 0 atom stereocenters. The maximum atomic E-state index is 11.1. The van der Waals surface area contributed by atoms with Gasteiger partial charge in [-0.2, -0.15) is 0 Å². The molecule has 1 aliphatic rings. The Morgan fingerprint density at radius 1 is 1.18 bits per heavy atom. The Morgan fingerprint density at radius 3 is 1.71 bits per heavy atom. The normalized spacial score (nSPS) is 16.6. The number of urea groups is 2. The van der Waals surface area contributed by atoms with E-state index in [0.29, 0.717) is 0 Å². The average molecular weight is 244 g/mol. The number of nitrogens with one attached hydrogen (secondary N) is 1.